The van der Waals surface area contributed by atoms with Crippen LogP contribution < -0.4 is 20.7 Å². The van der Waals surface area contributed by atoms with E-state index in [0.29, 0.717) is 24.8 Å². The summed E-state index contributed by atoms with van der Waals surface area (Å²) in [6.45, 7) is 5.96. The largest absolute Gasteiger partial charge is 0.494 e. The molecule has 4 N–H and O–H groups in total. The number of hydroxylamine groups is 2. The molecule has 244 valence electrons. The van der Waals surface area contributed by atoms with Crippen molar-refractivity contribution >= 4 is 31.1 Å². The summed E-state index contributed by atoms with van der Waals surface area (Å²) in [4.78, 5) is 63.4. The molecule has 12 nitrogen and oxygen atoms in total. The van der Waals surface area contributed by atoms with E-state index in [-0.39, 0.29) is 48.4 Å². The van der Waals surface area contributed by atoms with Gasteiger partial charge in [0.25, 0.3) is 5.91 Å². The molecule has 0 aliphatic carbocycles. The van der Waals surface area contributed by atoms with E-state index in [0.717, 1.165) is 24.8 Å². The number of amides is 3. The van der Waals surface area contributed by atoms with Gasteiger partial charge in [0.2, 0.25) is 12.3 Å². The van der Waals surface area contributed by atoms with Crippen LogP contribution in [0.2, 0.25) is 0 Å². The molecular formula is C32H42N3O9P. The van der Waals surface area contributed by atoms with Crippen molar-refractivity contribution in [1.29, 1.82) is 0 Å². The quantitative estimate of drug-likeness (QED) is 0.0483. The van der Waals surface area contributed by atoms with E-state index in [1.165, 1.54) is 29.3 Å². The van der Waals surface area contributed by atoms with Crippen LogP contribution >= 0.6 is 7.60 Å². The number of carbonyl (C=O) groups excluding carboxylic acids is 3. The van der Waals surface area contributed by atoms with E-state index in [9.17, 15) is 28.7 Å². The number of benzene rings is 2. The van der Waals surface area contributed by atoms with E-state index < -0.39 is 25.5 Å². The van der Waals surface area contributed by atoms with Gasteiger partial charge in [0.15, 0.2) is 5.76 Å². The van der Waals surface area contributed by atoms with Crippen LogP contribution in [-0.4, -0.2) is 52.4 Å². The van der Waals surface area contributed by atoms with Crippen LogP contribution in [0.15, 0.2) is 65.1 Å². The lowest BCUT2D eigenvalue weighted by Gasteiger charge is -2.32. The summed E-state index contributed by atoms with van der Waals surface area (Å²) in [5.74, 6) is -1.12. The first-order chi connectivity index (χ1) is 21.6. The Balaban J connectivity index is 1.66. The second kappa shape index (κ2) is 17.5. The molecule has 2 atom stereocenters. The lowest BCUT2D eigenvalue weighted by atomic mass is 9.90. The van der Waals surface area contributed by atoms with E-state index in [1.54, 1.807) is 13.0 Å². The molecule has 45 heavy (non-hydrogen) atoms. The van der Waals surface area contributed by atoms with Crippen molar-refractivity contribution in [3.05, 3.63) is 72.0 Å². The highest BCUT2D eigenvalue weighted by Crippen LogP contribution is 2.37. The van der Waals surface area contributed by atoms with Crippen molar-refractivity contribution in [2.75, 3.05) is 13.3 Å². The Morgan fingerprint density at radius 1 is 1.02 bits per heavy atom. The SMILES string of the molecule is CCCCCC(C(=O)NCNC(=O)c1ccc(-c2cc(OCC)cc(P(=O)(O)O)c2)o1)C(CC)N(C=O)OCc1ccccc1. The fourth-order valence-corrected chi connectivity index (χ4v) is 5.47. The van der Waals surface area contributed by atoms with E-state index in [2.05, 4.69) is 17.6 Å². The highest BCUT2D eigenvalue weighted by molar-refractivity contribution is 7.60. The number of carbonyl (C=O) groups is 3. The zero-order valence-electron chi connectivity index (χ0n) is 25.8. The third kappa shape index (κ3) is 10.6. The van der Waals surface area contributed by atoms with Crippen molar-refractivity contribution in [1.82, 2.24) is 15.7 Å². The summed E-state index contributed by atoms with van der Waals surface area (Å²) in [7, 11) is -4.58. The molecule has 13 heteroatoms. The molecule has 0 saturated heterocycles. The Labute approximate surface area is 263 Å². The summed E-state index contributed by atoms with van der Waals surface area (Å²) < 4.78 is 23.0. The van der Waals surface area contributed by atoms with Crippen molar-refractivity contribution in [2.24, 2.45) is 5.92 Å². The normalized spacial score (nSPS) is 12.6. The van der Waals surface area contributed by atoms with Gasteiger partial charge in [-0.15, -0.1) is 0 Å². The number of nitrogens with zero attached hydrogens (tertiary/aromatic N) is 1. The summed E-state index contributed by atoms with van der Waals surface area (Å²) in [5.41, 5.74) is 1.21. The lowest BCUT2D eigenvalue weighted by molar-refractivity contribution is -0.200. The molecule has 0 radical (unpaired) electrons. The second-order valence-electron chi connectivity index (χ2n) is 10.4. The number of hydrogen-bond donors (Lipinski definition) is 4. The van der Waals surface area contributed by atoms with Crippen LogP contribution in [0.1, 0.15) is 69.0 Å². The van der Waals surface area contributed by atoms with Crippen LogP contribution in [0, 0.1) is 5.92 Å². The Hall–Kier alpha value is -3.96. The molecule has 0 aliphatic heterocycles. The zero-order valence-corrected chi connectivity index (χ0v) is 26.7. The van der Waals surface area contributed by atoms with Crippen molar-refractivity contribution in [3.8, 4) is 17.1 Å². The van der Waals surface area contributed by atoms with Gasteiger partial charge in [0.1, 0.15) is 18.1 Å². The number of ether oxygens (including phenoxy) is 1. The first-order valence-corrected chi connectivity index (χ1v) is 16.6. The first kappa shape index (κ1) is 35.5. The van der Waals surface area contributed by atoms with Gasteiger partial charge in [-0.2, -0.15) is 0 Å². The maximum Gasteiger partial charge on any atom is 0.356 e. The Kier molecular flexibility index (Phi) is 13.8. The van der Waals surface area contributed by atoms with Crippen LogP contribution in [0.5, 0.6) is 5.75 Å². The zero-order chi connectivity index (χ0) is 32.8. The van der Waals surface area contributed by atoms with E-state index in [4.69, 9.17) is 14.0 Å². The van der Waals surface area contributed by atoms with Crippen LogP contribution in [0.25, 0.3) is 11.3 Å². The Morgan fingerprint density at radius 2 is 1.78 bits per heavy atom. The standard InChI is InChI=1S/C32H42N3O9P/c1-4-7-9-14-27(28(5-2)35(22-36)43-20-23-12-10-8-11-13-23)31(37)33-21-34-32(38)30-16-15-29(44-30)24-17-25(42-6-3)19-26(18-24)45(39,40)41/h8,10-13,15-19,22,27-28H,4-7,9,14,20-21H2,1-3H3,(H,33,37)(H,34,38)(H2,39,40,41). The summed E-state index contributed by atoms with van der Waals surface area (Å²) in [5, 5.41) is 6.32. The first-order valence-electron chi connectivity index (χ1n) is 15.0. The van der Waals surface area contributed by atoms with Gasteiger partial charge < -0.3 is 29.6 Å². The minimum atomic E-state index is -4.58. The van der Waals surface area contributed by atoms with Crippen LogP contribution in [0.4, 0.5) is 0 Å². The molecule has 3 rings (SSSR count). The minimum absolute atomic E-state index is 0.0637. The predicted molar refractivity (Wildman–Crippen MR) is 168 cm³/mol. The van der Waals surface area contributed by atoms with E-state index >= 15 is 0 Å². The molecule has 2 aromatic carbocycles. The second-order valence-corrected chi connectivity index (χ2v) is 12.0. The molecular weight excluding hydrogens is 601 g/mol. The number of furan rings is 1. The number of nitrogens with one attached hydrogen (secondary N) is 2. The molecule has 0 spiro atoms. The molecule has 1 aromatic heterocycles. The van der Waals surface area contributed by atoms with Gasteiger partial charge in [-0.25, -0.2) is 5.06 Å². The molecule has 1 heterocycles. The van der Waals surface area contributed by atoms with E-state index in [1.807, 2.05) is 37.3 Å². The fraction of sp³-hybridized carbons (Fsp3) is 0.406. The summed E-state index contributed by atoms with van der Waals surface area (Å²) >= 11 is 0. The maximum atomic E-state index is 13.4. The van der Waals surface area contributed by atoms with Gasteiger partial charge >= 0.3 is 7.60 Å². The monoisotopic (exact) mass is 643 g/mol. The predicted octanol–water partition coefficient (Wildman–Crippen LogP) is 4.52. The number of rotatable bonds is 19. The molecule has 3 aromatic rings. The number of hydrogen-bond acceptors (Lipinski definition) is 7. The summed E-state index contributed by atoms with van der Waals surface area (Å²) in [6.07, 6.45) is 4.28. The van der Waals surface area contributed by atoms with Gasteiger partial charge in [-0.1, -0.05) is 63.4 Å². The average Bonchev–Trinajstić information content (AvgIpc) is 3.53. The lowest BCUT2D eigenvalue weighted by Crippen LogP contribution is -2.48. The van der Waals surface area contributed by atoms with Gasteiger partial charge in [-0.3, -0.25) is 23.8 Å². The minimum Gasteiger partial charge on any atom is -0.494 e. The summed E-state index contributed by atoms with van der Waals surface area (Å²) in [6, 6.07) is 15.9. The van der Waals surface area contributed by atoms with Crippen LogP contribution in [-0.2, 0) is 25.6 Å². The third-order valence-electron chi connectivity index (χ3n) is 7.16. The molecule has 0 aliphatic rings. The third-order valence-corrected chi connectivity index (χ3v) is 8.09. The van der Waals surface area contributed by atoms with Crippen molar-refractivity contribution in [2.45, 2.75) is 65.5 Å². The average molecular weight is 644 g/mol. The van der Waals surface area contributed by atoms with Crippen molar-refractivity contribution < 1.29 is 42.7 Å². The highest BCUT2D eigenvalue weighted by Gasteiger charge is 2.32. The van der Waals surface area contributed by atoms with Gasteiger partial charge in [0.05, 0.1) is 30.5 Å². The smallest absolute Gasteiger partial charge is 0.356 e. The molecule has 3 amide bonds. The van der Waals surface area contributed by atoms with Gasteiger partial charge in [-0.05, 0) is 55.7 Å². The molecule has 0 bridgehead atoms. The highest BCUT2D eigenvalue weighted by atomic mass is 31.2. The molecule has 2 unspecified atom stereocenters. The maximum absolute atomic E-state index is 13.4. The Morgan fingerprint density at radius 3 is 2.42 bits per heavy atom. The van der Waals surface area contributed by atoms with Crippen LogP contribution in [0.3, 0.4) is 0 Å². The number of unbranched alkanes of at least 4 members (excludes halogenated alkanes) is 2. The fourth-order valence-electron chi connectivity index (χ4n) is 4.87. The van der Waals surface area contributed by atoms with Crippen molar-refractivity contribution in [3.63, 3.8) is 0 Å². The van der Waals surface area contributed by atoms with Gasteiger partial charge in [0, 0.05) is 5.56 Å². The molecule has 0 saturated carbocycles. The Bertz CT molecular complexity index is 1440. The molecule has 0 fully saturated rings. The topological polar surface area (TPSA) is 168 Å².